The number of aromatic nitrogens is 2. The zero-order valence-electron chi connectivity index (χ0n) is 18.1. The van der Waals surface area contributed by atoms with Crippen molar-refractivity contribution in [3.63, 3.8) is 0 Å². The van der Waals surface area contributed by atoms with Gasteiger partial charge in [0.25, 0.3) is 0 Å². The van der Waals surface area contributed by atoms with Gasteiger partial charge in [-0.05, 0) is 49.6 Å². The van der Waals surface area contributed by atoms with Crippen LogP contribution in [0.2, 0.25) is 0 Å². The number of carbonyl (C=O) groups is 2. The predicted molar refractivity (Wildman–Crippen MR) is 121 cm³/mol. The third-order valence-corrected chi connectivity index (χ3v) is 5.80. The SMILES string of the molecule is CC(OC(=O)Nc1c(F)cnn1-c1ccc(N2CCC(C(=O)O)CC2)cc1)c1ccccc1. The van der Waals surface area contributed by atoms with E-state index in [1.54, 1.807) is 19.1 Å². The lowest BCUT2D eigenvalue weighted by molar-refractivity contribution is -0.142. The number of benzene rings is 2. The van der Waals surface area contributed by atoms with E-state index in [0.717, 1.165) is 17.4 Å². The fourth-order valence-corrected chi connectivity index (χ4v) is 3.90. The maximum absolute atomic E-state index is 14.4. The van der Waals surface area contributed by atoms with E-state index in [1.807, 2.05) is 42.5 Å². The summed E-state index contributed by atoms with van der Waals surface area (Å²) in [4.78, 5) is 25.6. The van der Waals surface area contributed by atoms with E-state index >= 15 is 0 Å². The first kappa shape index (κ1) is 22.3. The molecule has 1 atom stereocenters. The van der Waals surface area contributed by atoms with Gasteiger partial charge in [0, 0.05) is 18.8 Å². The molecule has 8 nitrogen and oxygen atoms in total. The van der Waals surface area contributed by atoms with Gasteiger partial charge in [-0.2, -0.15) is 5.10 Å². The number of rotatable bonds is 6. The van der Waals surface area contributed by atoms with Crippen LogP contribution in [-0.4, -0.2) is 40.0 Å². The van der Waals surface area contributed by atoms with Crippen molar-refractivity contribution in [2.45, 2.75) is 25.9 Å². The van der Waals surface area contributed by atoms with Gasteiger partial charge >= 0.3 is 12.1 Å². The molecule has 0 spiro atoms. The molecule has 2 heterocycles. The number of aliphatic carboxylic acids is 1. The minimum Gasteiger partial charge on any atom is -0.481 e. The third-order valence-electron chi connectivity index (χ3n) is 5.80. The summed E-state index contributed by atoms with van der Waals surface area (Å²) in [5.41, 5.74) is 2.33. The Morgan fingerprint density at radius 3 is 2.36 bits per heavy atom. The number of ether oxygens (including phenoxy) is 1. The average molecular weight is 452 g/mol. The second kappa shape index (κ2) is 9.72. The molecule has 33 heavy (non-hydrogen) atoms. The summed E-state index contributed by atoms with van der Waals surface area (Å²) in [7, 11) is 0. The zero-order chi connectivity index (χ0) is 23.4. The molecule has 1 unspecified atom stereocenters. The Morgan fingerprint density at radius 2 is 1.73 bits per heavy atom. The number of hydrogen-bond donors (Lipinski definition) is 2. The van der Waals surface area contributed by atoms with Crippen LogP contribution in [0.4, 0.5) is 20.7 Å². The smallest absolute Gasteiger partial charge is 0.413 e. The molecule has 0 radical (unpaired) electrons. The first-order valence-corrected chi connectivity index (χ1v) is 10.8. The molecule has 1 saturated heterocycles. The topological polar surface area (TPSA) is 96.7 Å². The second-order valence-corrected chi connectivity index (χ2v) is 7.95. The first-order valence-electron chi connectivity index (χ1n) is 10.8. The summed E-state index contributed by atoms with van der Waals surface area (Å²) in [5, 5.41) is 15.6. The van der Waals surface area contributed by atoms with Crippen molar-refractivity contribution in [2.75, 3.05) is 23.3 Å². The number of anilines is 2. The Labute approximate surface area is 190 Å². The molecular weight excluding hydrogens is 427 g/mol. The number of amides is 1. The van der Waals surface area contributed by atoms with Crippen LogP contribution in [0.5, 0.6) is 0 Å². The van der Waals surface area contributed by atoms with E-state index < -0.39 is 24.0 Å². The Morgan fingerprint density at radius 1 is 1.09 bits per heavy atom. The van der Waals surface area contributed by atoms with Gasteiger partial charge in [-0.25, -0.2) is 13.9 Å². The number of carbonyl (C=O) groups excluding carboxylic acids is 1. The number of hydrogen-bond acceptors (Lipinski definition) is 5. The van der Waals surface area contributed by atoms with Gasteiger partial charge in [-0.3, -0.25) is 10.1 Å². The molecule has 1 aliphatic heterocycles. The van der Waals surface area contributed by atoms with E-state index in [-0.39, 0.29) is 11.7 Å². The van der Waals surface area contributed by atoms with Crippen LogP contribution in [-0.2, 0) is 9.53 Å². The van der Waals surface area contributed by atoms with Crippen molar-refractivity contribution < 1.29 is 23.8 Å². The van der Waals surface area contributed by atoms with Gasteiger partial charge in [0.15, 0.2) is 11.6 Å². The molecule has 1 amide bonds. The van der Waals surface area contributed by atoms with Crippen LogP contribution < -0.4 is 10.2 Å². The number of carboxylic acids is 1. The van der Waals surface area contributed by atoms with Gasteiger partial charge in [0.1, 0.15) is 6.10 Å². The van der Waals surface area contributed by atoms with Crippen molar-refractivity contribution >= 4 is 23.6 Å². The molecule has 4 rings (SSSR count). The number of halogens is 1. The zero-order valence-corrected chi connectivity index (χ0v) is 18.1. The van der Waals surface area contributed by atoms with Crippen LogP contribution >= 0.6 is 0 Å². The highest BCUT2D eigenvalue weighted by Crippen LogP contribution is 2.26. The second-order valence-electron chi connectivity index (χ2n) is 7.95. The molecule has 2 aromatic carbocycles. The van der Waals surface area contributed by atoms with E-state index in [0.29, 0.717) is 31.6 Å². The predicted octanol–water partition coefficient (Wildman–Crippen LogP) is 4.62. The van der Waals surface area contributed by atoms with Gasteiger partial charge in [-0.15, -0.1) is 0 Å². The Kier molecular flexibility index (Phi) is 6.58. The van der Waals surface area contributed by atoms with Crippen LogP contribution in [0.1, 0.15) is 31.4 Å². The van der Waals surface area contributed by atoms with E-state index in [2.05, 4.69) is 15.3 Å². The summed E-state index contributed by atoms with van der Waals surface area (Å²) in [6.45, 7) is 3.05. The fraction of sp³-hybridized carbons (Fsp3) is 0.292. The fourth-order valence-electron chi connectivity index (χ4n) is 3.90. The van der Waals surface area contributed by atoms with Gasteiger partial charge in [-0.1, -0.05) is 30.3 Å². The summed E-state index contributed by atoms with van der Waals surface area (Å²) in [6, 6.07) is 16.5. The van der Waals surface area contributed by atoms with Crippen LogP contribution in [0.3, 0.4) is 0 Å². The average Bonchev–Trinajstić information content (AvgIpc) is 3.19. The van der Waals surface area contributed by atoms with Crippen LogP contribution in [0.15, 0.2) is 60.8 Å². The van der Waals surface area contributed by atoms with E-state index in [9.17, 15) is 14.0 Å². The molecule has 9 heteroatoms. The Bertz CT molecular complexity index is 1110. The molecule has 1 aliphatic rings. The van der Waals surface area contributed by atoms with Gasteiger partial charge in [0.2, 0.25) is 0 Å². The molecule has 1 aromatic heterocycles. The molecular formula is C24H25FN4O4. The molecule has 3 aromatic rings. The van der Waals surface area contributed by atoms with Crippen molar-refractivity contribution in [3.05, 3.63) is 72.2 Å². The summed E-state index contributed by atoms with van der Waals surface area (Å²) < 4.78 is 21.0. The maximum Gasteiger partial charge on any atom is 0.413 e. The van der Waals surface area contributed by atoms with Crippen molar-refractivity contribution in [1.82, 2.24) is 9.78 Å². The van der Waals surface area contributed by atoms with Gasteiger partial charge in [0.05, 0.1) is 17.8 Å². The number of piperidine rings is 1. The standard InChI is InChI=1S/C24H25FN4O4/c1-16(17-5-3-2-4-6-17)33-24(32)27-22-21(25)15-26-29(22)20-9-7-19(8-10-20)28-13-11-18(12-14-28)23(30)31/h2-10,15-16,18H,11-14H2,1H3,(H,27,32)(H,30,31). The lowest BCUT2D eigenvalue weighted by atomic mass is 9.97. The summed E-state index contributed by atoms with van der Waals surface area (Å²) in [5.74, 6) is -1.84. The Balaban J connectivity index is 1.43. The van der Waals surface area contributed by atoms with Gasteiger partial charge < -0.3 is 14.7 Å². The maximum atomic E-state index is 14.4. The third kappa shape index (κ3) is 5.14. The molecule has 0 saturated carbocycles. The number of nitrogens with zero attached hydrogens (tertiary/aromatic N) is 3. The lowest BCUT2D eigenvalue weighted by Gasteiger charge is -2.32. The van der Waals surface area contributed by atoms with Crippen molar-refractivity contribution in [3.8, 4) is 5.69 Å². The van der Waals surface area contributed by atoms with Crippen LogP contribution in [0, 0.1) is 11.7 Å². The molecule has 2 N–H and O–H groups in total. The highest BCUT2D eigenvalue weighted by atomic mass is 19.1. The minimum atomic E-state index is -0.787. The summed E-state index contributed by atoms with van der Waals surface area (Å²) in [6.07, 6.45) is 0.930. The largest absolute Gasteiger partial charge is 0.481 e. The summed E-state index contributed by atoms with van der Waals surface area (Å²) >= 11 is 0. The molecule has 1 fully saturated rings. The normalized spacial score (nSPS) is 15.2. The highest BCUT2D eigenvalue weighted by molar-refractivity contribution is 5.84. The number of carboxylic acid groups (broad SMARTS) is 1. The number of nitrogens with one attached hydrogen (secondary N) is 1. The lowest BCUT2D eigenvalue weighted by Crippen LogP contribution is -2.36. The van der Waals surface area contributed by atoms with Crippen molar-refractivity contribution in [2.24, 2.45) is 5.92 Å². The minimum absolute atomic E-state index is 0.115. The first-order chi connectivity index (χ1) is 15.9. The van der Waals surface area contributed by atoms with E-state index in [1.165, 1.54) is 4.68 Å². The quantitative estimate of drug-likeness (QED) is 0.566. The van der Waals surface area contributed by atoms with E-state index in [4.69, 9.17) is 9.84 Å². The monoisotopic (exact) mass is 452 g/mol. The molecule has 172 valence electrons. The molecule has 0 aliphatic carbocycles. The van der Waals surface area contributed by atoms with Crippen LogP contribution in [0.25, 0.3) is 5.69 Å². The Hall–Kier alpha value is -3.88. The highest BCUT2D eigenvalue weighted by Gasteiger charge is 2.25. The van der Waals surface area contributed by atoms with Crippen molar-refractivity contribution in [1.29, 1.82) is 0 Å². The molecule has 0 bridgehead atoms.